The molecule has 5 nitrogen and oxygen atoms in total. The zero-order valence-corrected chi connectivity index (χ0v) is 16.5. The molecule has 26 heavy (non-hydrogen) atoms. The van der Waals surface area contributed by atoms with Crippen LogP contribution in [-0.2, 0) is 16.6 Å². The third-order valence-corrected chi connectivity index (χ3v) is 6.29. The van der Waals surface area contributed by atoms with Crippen molar-refractivity contribution in [3.8, 4) is 0 Å². The molecule has 0 aliphatic carbocycles. The fraction of sp³-hybridized carbons (Fsp3) is 0.316. The minimum atomic E-state index is -3.53. The number of benzene rings is 2. The lowest BCUT2D eigenvalue weighted by molar-refractivity contribution is 0.0951. The van der Waals surface area contributed by atoms with Gasteiger partial charge in [0.05, 0.1) is 4.90 Å². The maximum absolute atomic E-state index is 12.5. The van der Waals surface area contributed by atoms with Crippen LogP contribution in [0.25, 0.3) is 0 Å². The second kappa shape index (κ2) is 9.16. The fourth-order valence-electron chi connectivity index (χ4n) is 2.38. The quantitative estimate of drug-likeness (QED) is 0.742. The number of carbonyl (C=O) groups excluding carboxylic acids is 1. The van der Waals surface area contributed by atoms with Crippen molar-refractivity contribution in [3.05, 3.63) is 64.7 Å². The Balaban J connectivity index is 2.04. The van der Waals surface area contributed by atoms with E-state index in [0.717, 1.165) is 18.4 Å². The lowest BCUT2D eigenvalue weighted by atomic mass is 10.2. The highest BCUT2D eigenvalue weighted by atomic mass is 35.5. The molecule has 140 valence electrons. The number of nitrogens with zero attached hydrogens (tertiary/aromatic N) is 1. The SMILES string of the molecule is CCCCN(C)S(=O)(=O)c1ccc(C(=O)NCc2ccccc2Cl)cc1. The van der Waals surface area contributed by atoms with Gasteiger partial charge in [-0.2, -0.15) is 0 Å². The summed E-state index contributed by atoms with van der Waals surface area (Å²) in [5.74, 6) is -0.284. The molecule has 0 aliphatic rings. The van der Waals surface area contributed by atoms with E-state index < -0.39 is 10.0 Å². The van der Waals surface area contributed by atoms with Gasteiger partial charge in [-0.3, -0.25) is 4.79 Å². The first-order chi connectivity index (χ1) is 12.4. The highest BCUT2D eigenvalue weighted by Crippen LogP contribution is 2.17. The molecule has 0 aromatic heterocycles. The summed E-state index contributed by atoms with van der Waals surface area (Å²) in [5, 5.41) is 3.37. The highest BCUT2D eigenvalue weighted by Gasteiger charge is 2.20. The number of unbranched alkanes of at least 4 members (excludes halogenated alkanes) is 1. The van der Waals surface area contributed by atoms with Gasteiger partial charge in [-0.05, 0) is 42.3 Å². The predicted octanol–water partition coefficient (Wildman–Crippen LogP) is 3.69. The summed E-state index contributed by atoms with van der Waals surface area (Å²) in [6.07, 6.45) is 1.72. The molecule has 0 fully saturated rings. The number of sulfonamides is 1. The number of amides is 1. The molecular formula is C19H23ClN2O3S. The summed E-state index contributed by atoms with van der Waals surface area (Å²) in [6, 6.07) is 13.2. The van der Waals surface area contributed by atoms with Crippen LogP contribution in [0.1, 0.15) is 35.7 Å². The van der Waals surface area contributed by atoms with Crippen LogP contribution in [0.3, 0.4) is 0 Å². The normalized spacial score (nSPS) is 11.5. The van der Waals surface area contributed by atoms with Gasteiger partial charge in [0.1, 0.15) is 0 Å². The van der Waals surface area contributed by atoms with E-state index in [-0.39, 0.29) is 10.8 Å². The second-order valence-electron chi connectivity index (χ2n) is 5.98. The summed E-state index contributed by atoms with van der Waals surface area (Å²) in [7, 11) is -1.97. The lowest BCUT2D eigenvalue weighted by Crippen LogP contribution is -2.28. The Labute approximate surface area is 160 Å². The Morgan fingerprint density at radius 2 is 1.77 bits per heavy atom. The molecule has 7 heteroatoms. The van der Waals surface area contributed by atoms with Crippen LogP contribution >= 0.6 is 11.6 Å². The van der Waals surface area contributed by atoms with Crippen molar-refractivity contribution < 1.29 is 13.2 Å². The second-order valence-corrected chi connectivity index (χ2v) is 8.43. The standard InChI is InChI=1S/C19H23ClN2O3S/c1-3-4-13-22(2)26(24,25)17-11-9-15(10-12-17)19(23)21-14-16-7-5-6-8-18(16)20/h5-12H,3-4,13-14H2,1-2H3,(H,21,23). The zero-order chi connectivity index (χ0) is 19.2. The van der Waals surface area contributed by atoms with Gasteiger partial charge >= 0.3 is 0 Å². The Kier molecular flexibility index (Phi) is 7.20. The maximum Gasteiger partial charge on any atom is 0.251 e. The van der Waals surface area contributed by atoms with Crippen LogP contribution in [0.4, 0.5) is 0 Å². The zero-order valence-electron chi connectivity index (χ0n) is 14.9. The number of nitrogens with one attached hydrogen (secondary N) is 1. The van der Waals surface area contributed by atoms with Gasteiger partial charge in [-0.25, -0.2) is 12.7 Å². The van der Waals surface area contributed by atoms with Crippen LogP contribution in [0.15, 0.2) is 53.4 Å². The van der Waals surface area contributed by atoms with Crippen molar-refractivity contribution in [1.82, 2.24) is 9.62 Å². The Hall–Kier alpha value is -1.89. The largest absolute Gasteiger partial charge is 0.348 e. The number of hydrogen-bond acceptors (Lipinski definition) is 3. The van der Waals surface area contributed by atoms with Gasteiger partial charge in [0.2, 0.25) is 10.0 Å². The van der Waals surface area contributed by atoms with Crippen LogP contribution in [-0.4, -0.2) is 32.2 Å². The first-order valence-corrected chi connectivity index (χ1v) is 10.3. The van der Waals surface area contributed by atoms with E-state index >= 15 is 0 Å². The first-order valence-electron chi connectivity index (χ1n) is 8.44. The number of hydrogen-bond donors (Lipinski definition) is 1. The molecule has 0 saturated carbocycles. The van der Waals surface area contributed by atoms with E-state index in [4.69, 9.17) is 11.6 Å². The minimum Gasteiger partial charge on any atom is -0.348 e. The molecule has 2 aromatic rings. The van der Waals surface area contributed by atoms with Crippen molar-refractivity contribution in [2.45, 2.75) is 31.2 Å². The summed E-state index contributed by atoms with van der Waals surface area (Å²) < 4.78 is 26.3. The smallest absolute Gasteiger partial charge is 0.251 e. The van der Waals surface area contributed by atoms with Gasteiger partial charge in [0.15, 0.2) is 0 Å². The maximum atomic E-state index is 12.5. The Morgan fingerprint density at radius 3 is 2.38 bits per heavy atom. The number of rotatable bonds is 8. The molecule has 0 unspecified atom stereocenters. The molecule has 0 spiro atoms. The van der Waals surface area contributed by atoms with Crippen molar-refractivity contribution >= 4 is 27.5 Å². The molecule has 0 atom stereocenters. The minimum absolute atomic E-state index is 0.179. The lowest BCUT2D eigenvalue weighted by Gasteiger charge is -2.17. The Bertz CT molecular complexity index is 851. The molecule has 0 heterocycles. The van der Waals surface area contributed by atoms with Crippen molar-refractivity contribution in [3.63, 3.8) is 0 Å². The number of halogens is 1. The molecule has 1 amide bonds. The van der Waals surface area contributed by atoms with E-state index in [2.05, 4.69) is 5.32 Å². The summed E-state index contributed by atoms with van der Waals surface area (Å²) in [6.45, 7) is 2.79. The molecule has 2 rings (SSSR count). The summed E-state index contributed by atoms with van der Waals surface area (Å²) >= 11 is 6.07. The molecule has 0 radical (unpaired) electrons. The van der Waals surface area contributed by atoms with Crippen LogP contribution in [0.5, 0.6) is 0 Å². The molecule has 1 N–H and O–H groups in total. The van der Waals surface area contributed by atoms with Crippen LogP contribution in [0, 0.1) is 0 Å². The van der Waals surface area contributed by atoms with Crippen molar-refractivity contribution in [1.29, 1.82) is 0 Å². The van der Waals surface area contributed by atoms with Gasteiger partial charge in [-0.15, -0.1) is 0 Å². The van der Waals surface area contributed by atoms with Crippen LogP contribution < -0.4 is 5.32 Å². The highest BCUT2D eigenvalue weighted by molar-refractivity contribution is 7.89. The fourth-order valence-corrected chi connectivity index (χ4v) is 3.79. The first kappa shape index (κ1) is 20.4. The Morgan fingerprint density at radius 1 is 1.12 bits per heavy atom. The summed E-state index contributed by atoms with van der Waals surface area (Å²) in [5.41, 5.74) is 1.21. The van der Waals surface area contributed by atoms with Gasteiger partial charge in [0, 0.05) is 30.7 Å². The average molecular weight is 395 g/mol. The van der Waals surface area contributed by atoms with E-state index in [9.17, 15) is 13.2 Å². The molecule has 2 aromatic carbocycles. The molecular weight excluding hydrogens is 372 g/mol. The van der Waals surface area contributed by atoms with Crippen LogP contribution in [0.2, 0.25) is 5.02 Å². The molecule has 0 bridgehead atoms. The van der Waals surface area contributed by atoms with Gasteiger partial charge in [-0.1, -0.05) is 43.1 Å². The third kappa shape index (κ3) is 5.06. The summed E-state index contributed by atoms with van der Waals surface area (Å²) in [4.78, 5) is 12.4. The van der Waals surface area contributed by atoms with E-state index in [0.29, 0.717) is 23.7 Å². The third-order valence-electron chi connectivity index (χ3n) is 4.05. The van der Waals surface area contributed by atoms with E-state index in [1.807, 2.05) is 25.1 Å². The topological polar surface area (TPSA) is 66.5 Å². The molecule has 0 saturated heterocycles. The van der Waals surface area contributed by atoms with Crippen molar-refractivity contribution in [2.75, 3.05) is 13.6 Å². The average Bonchev–Trinajstić information content (AvgIpc) is 2.65. The van der Waals surface area contributed by atoms with Gasteiger partial charge < -0.3 is 5.32 Å². The predicted molar refractivity (Wildman–Crippen MR) is 104 cm³/mol. The van der Waals surface area contributed by atoms with Crippen molar-refractivity contribution in [2.24, 2.45) is 0 Å². The van der Waals surface area contributed by atoms with E-state index in [1.54, 1.807) is 13.1 Å². The monoisotopic (exact) mass is 394 g/mol. The molecule has 0 aliphatic heterocycles. The number of carbonyl (C=O) groups is 1. The van der Waals surface area contributed by atoms with Gasteiger partial charge in [0.25, 0.3) is 5.91 Å². The van der Waals surface area contributed by atoms with E-state index in [1.165, 1.54) is 28.6 Å².